The molecule has 2 N–H and O–H groups in total. The summed E-state index contributed by atoms with van der Waals surface area (Å²) in [5.74, 6) is -0.726. The summed E-state index contributed by atoms with van der Waals surface area (Å²) in [6, 6.07) is 12.5. The number of anilines is 3. The van der Waals surface area contributed by atoms with E-state index in [9.17, 15) is 9.18 Å². The Kier molecular flexibility index (Phi) is 6.08. The Balaban J connectivity index is 1.74. The molecule has 6 heteroatoms. The molecule has 5 nitrogen and oxygen atoms in total. The Morgan fingerprint density at radius 2 is 1.96 bits per heavy atom. The van der Waals surface area contributed by atoms with Gasteiger partial charge in [-0.2, -0.15) is 0 Å². The second kappa shape index (κ2) is 8.68. The van der Waals surface area contributed by atoms with Crippen LogP contribution in [0.15, 0.2) is 48.7 Å². The summed E-state index contributed by atoms with van der Waals surface area (Å²) in [7, 11) is 1.70. The fourth-order valence-electron chi connectivity index (χ4n) is 3.11. The van der Waals surface area contributed by atoms with Gasteiger partial charge in [0.1, 0.15) is 5.82 Å². The van der Waals surface area contributed by atoms with E-state index in [0.717, 1.165) is 30.9 Å². The summed E-state index contributed by atoms with van der Waals surface area (Å²) in [6.07, 6.45) is 2.60. The highest BCUT2D eigenvalue weighted by atomic mass is 19.1. The molecular formula is C21H24FN3O2. The molecule has 0 saturated carbocycles. The molecule has 0 aromatic heterocycles. The molecule has 27 heavy (non-hydrogen) atoms. The van der Waals surface area contributed by atoms with Gasteiger partial charge < -0.3 is 20.3 Å². The van der Waals surface area contributed by atoms with E-state index >= 15 is 0 Å². The fraction of sp³-hybridized carbons (Fsp3) is 0.286. The van der Waals surface area contributed by atoms with E-state index in [2.05, 4.69) is 22.5 Å². The number of nitrogens with zero attached hydrogens (tertiary/aromatic N) is 1. The topological polar surface area (TPSA) is 53.6 Å². The third-order valence-electron chi connectivity index (χ3n) is 4.45. The van der Waals surface area contributed by atoms with Crippen LogP contribution in [0.1, 0.15) is 18.9 Å². The van der Waals surface area contributed by atoms with Crippen LogP contribution >= 0.6 is 0 Å². The zero-order valence-electron chi connectivity index (χ0n) is 15.6. The first kappa shape index (κ1) is 18.9. The number of halogens is 1. The summed E-state index contributed by atoms with van der Waals surface area (Å²) in [4.78, 5) is 14.4. The summed E-state index contributed by atoms with van der Waals surface area (Å²) in [5.41, 5.74) is 3.03. The molecule has 142 valence electrons. The van der Waals surface area contributed by atoms with Crippen LogP contribution in [0, 0.1) is 5.82 Å². The molecule has 2 aromatic carbocycles. The lowest BCUT2D eigenvalue weighted by molar-refractivity contribution is -0.110. The summed E-state index contributed by atoms with van der Waals surface area (Å²) in [5, 5.41) is 5.77. The van der Waals surface area contributed by atoms with Crippen LogP contribution in [0.25, 0.3) is 5.57 Å². The number of fused-ring (bicyclic) bond motifs is 1. The summed E-state index contributed by atoms with van der Waals surface area (Å²) in [6.45, 7) is 4.60. The van der Waals surface area contributed by atoms with Crippen molar-refractivity contribution < 1.29 is 13.9 Å². The molecule has 0 bridgehead atoms. The van der Waals surface area contributed by atoms with E-state index < -0.39 is 5.82 Å². The van der Waals surface area contributed by atoms with Gasteiger partial charge in [-0.15, -0.1) is 0 Å². The lowest BCUT2D eigenvalue weighted by atomic mass is 10.1. The lowest BCUT2D eigenvalue weighted by Crippen LogP contribution is -2.27. The van der Waals surface area contributed by atoms with Gasteiger partial charge in [0.2, 0.25) is 0 Å². The minimum Gasteiger partial charge on any atom is -0.383 e. The predicted octanol–water partition coefficient (Wildman–Crippen LogP) is 4.09. The maximum Gasteiger partial charge on any atom is 0.257 e. The van der Waals surface area contributed by atoms with Crippen LogP contribution in [0.3, 0.4) is 0 Å². The highest BCUT2D eigenvalue weighted by Gasteiger charge is 2.27. The quantitative estimate of drug-likeness (QED) is 0.688. The fourth-order valence-corrected chi connectivity index (χ4v) is 3.11. The molecular weight excluding hydrogens is 345 g/mol. The van der Waals surface area contributed by atoms with Crippen molar-refractivity contribution in [3.05, 3.63) is 60.0 Å². The van der Waals surface area contributed by atoms with E-state index in [1.807, 2.05) is 24.3 Å². The summed E-state index contributed by atoms with van der Waals surface area (Å²) >= 11 is 0. The van der Waals surface area contributed by atoms with Crippen molar-refractivity contribution in [2.75, 3.05) is 42.3 Å². The highest BCUT2D eigenvalue weighted by Crippen LogP contribution is 2.33. The van der Waals surface area contributed by atoms with Crippen LogP contribution in [0.2, 0.25) is 0 Å². The maximum absolute atomic E-state index is 14.1. The predicted molar refractivity (Wildman–Crippen MR) is 107 cm³/mol. The van der Waals surface area contributed by atoms with Crippen LogP contribution in [-0.2, 0) is 9.53 Å². The number of carbonyl (C=O) groups is 1. The zero-order chi connectivity index (χ0) is 19.2. The Morgan fingerprint density at radius 1 is 1.19 bits per heavy atom. The molecule has 0 radical (unpaired) electrons. The molecule has 2 aromatic rings. The van der Waals surface area contributed by atoms with Gasteiger partial charge in [0.15, 0.2) is 0 Å². The molecule has 0 atom stereocenters. The highest BCUT2D eigenvalue weighted by molar-refractivity contribution is 6.31. The van der Waals surface area contributed by atoms with E-state index in [1.165, 1.54) is 6.07 Å². The molecule has 1 aliphatic heterocycles. The number of hydrogen-bond donors (Lipinski definition) is 2. The summed E-state index contributed by atoms with van der Waals surface area (Å²) < 4.78 is 19.3. The smallest absolute Gasteiger partial charge is 0.257 e. The number of rotatable bonds is 8. The van der Waals surface area contributed by atoms with Crippen molar-refractivity contribution in [3.63, 3.8) is 0 Å². The van der Waals surface area contributed by atoms with Gasteiger partial charge in [-0.05, 0) is 42.8 Å². The van der Waals surface area contributed by atoms with Crippen molar-refractivity contribution in [2.45, 2.75) is 13.3 Å². The van der Waals surface area contributed by atoms with E-state index in [4.69, 9.17) is 4.74 Å². The van der Waals surface area contributed by atoms with Crippen molar-refractivity contribution in [1.82, 2.24) is 0 Å². The largest absolute Gasteiger partial charge is 0.383 e. The van der Waals surface area contributed by atoms with Crippen LogP contribution in [0.4, 0.5) is 21.5 Å². The molecule has 1 heterocycles. The first-order valence-electron chi connectivity index (χ1n) is 9.05. The van der Waals surface area contributed by atoms with Gasteiger partial charge in [-0.3, -0.25) is 4.79 Å². The van der Waals surface area contributed by atoms with Crippen molar-refractivity contribution in [2.24, 2.45) is 0 Å². The number of benzene rings is 2. The molecule has 0 fully saturated rings. The second-order valence-corrected chi connectivity index (χ2v) is 6.35. The normalized spacial score (nSPS) is 14.2. The van der Waals surface area contributed by atoms with Gasteiger partial charge in [0.05, 0.1) is 17.9 Å². The average molecular weight is 369 g/mol. The molecule has 0 unspecified atom stereocenters. The zero-order valence-corrected chi connectivity index (χ0v) is 15.6. The lowest BCUT2D eigenvalue weighted by Gasteiger charge is -2.24. The minimum atomic E-state index is -0.414. The Morgan fingerprint density at radius 3 is 2.67 bits per heavy atom. The average Bonchev–Trinajstić information content (AvgIpc) is 3.00. The number of methoxy groups -OCH3 is 1. The van der Waals surface area contributed by atoms with Crippen molar-refractivity contribution in [3.8, 4) is 0 Å². The van der Waals surface area contributed by atoms with E-state index in [0.29, 0.717) is 23.4 Å². The first-order valence-corrected chi connectivity index (χ1v) is 9.05. The first-order chi connectivity index (χ1) is 13.1. The number of ether oxygens (including phenoxy) is 1. The molecule has 0 spiro atoms. The number of amides is 1. The third-order valence-corrected chi connectivity index (χ3v) is 4.45. The third kappa shape index (κ3) is 4.28. The van der Waals surface area contributed by atoms with Gasteiger partial charge in [0.25, 0.3) is 5.91 Å². The molecule has 0 aliphatic carbocycles. The van der Waals surface area contributed by atoms with Crippen molar-refractivity contribution in [1.29, 1.82) is 0 Å². The molecule has 1 amide bonds. The SMILES string of the molecule is CCCN(CCOC)c1ccc(N/C=C2/C(=O)Nc3cccc(F)c32)cc1. The van der Waals surface area contributed by atoms with Crippen LogP contribution in [0.5, 0.6) is 0 Å². The maximum atomic E-state index is 14.1. The van der Waals surface area contributed by atoms with Crippen LogP contribution < -0.4 is 15.5 Å². The van der Waals surface area contributed by atoms with Gasteiger partial charge >= 0.3 is 0 Å². The van der Waals surface area contributed by atoms with Gasteiger partial charge in [0, 0.05) is 43.3 Å². The van der Waals surface area contributed by atoms with E-state index in [-0.39, 0.29) is 5.91 Å². The van der Waals surface area contributed by atoms with Crippen LogP contribution in [-0.4, -0.2) is 32.7 Å². The number of carbonyl (C=O) groups excluding carboxylic acids is 1. The molecule has 3 rings (SSSR count). The second-order valence-electron chi connectivity index (χ2n) is 6.35. The Hall–Kier alpha value is -2.86. The standard InChI is InChI=1S/C21H24FN3O2/c1-3-11-25(12-13-27-2)16-9-7-15(8-10-16)23-14-17-20-18(22)5-4-6-19(20)24-21(17)26/h4-10,14,23H,3,11-13H2,1-2H3,(H,24,26)/b17-14+. The number of hydrogen-bond acceptors (Lipinski definition) is 4. The molecule has 0 saturated heterocycles. The Bertz CT molecular complexity index is 834. The van der Waals surface area contributed by atoms with Gasteiger partial charge in [-0.25, -0.2) is 4.39 Å². The Labute approximate surface area is 158 Å². The van der Waals surface area contributed by atoms with Crippen molar-refractivity contribution >= 4 is 28.5 Å². The van der Waals surface area contributed by atoms with E-state index in [1.54, 1.807) is 25.4 Å². The molecule has 1 aliphatic rings. The van der Waals surface area contributed by atoms with Gasteiger partial charge in [-0.1, -0.05) is 13.0 Å². The minimum absolute atomic E-state index is 0.292. The monoisotopic (exact) mass is 369 g/mol. The number of nitrogens with one attached hydrogen (secondary N) is 2.